The van der Waals surface area contributed by atoms with Crippen molar-refractivity contribution in [3.05, 3.63) is 95.6 Å². The molecule has 2 atom stereocenters. The van der Waals surface area contributed by atoms with Crippen LogP contribution in [0.2, 0.25) is 0 Å². The number of carbonyl (C=O) groups excluding carboxylic acids is 1. The van der Waals surface area contributed by atoms with Crippen LogP contribution in [0.5, 0.6) is 0 Å². The molecule has 0 fully saturated rings. The number of benzene rings is 3. The monoisotopic (exact) mass is 545 g/mol. The minimum absolute atomic E-state index is 0.00694. The van der Waals surface area contributed by atoms with Gasteiger partial charge in [-0.2, -0.15) is 0 Å². The van der Waals surface area contributed by atoms with Gasteiger partial charge in [0.1, 0.15) is 0 Å². The third-order valence-electron chi connectivity index (χ3n) is 5.63. The van der Waals surface area contributed by atoms with Gasteiger partial charge >= 0.3 is 0 Å². The highest BCUT2D eigenvalue weighted by atomic mass is 32.2. The largest absolute Gasteiger partial charge is 0.381 e. The van der Waals surface area contributed by atoms with E-state index in [1.807, 2.05) is 13.8 Å². The van der Waals surface area contributed by atoms with E-state index in [-0.39, 0.29) is 29.3 Å². The number of sulfonamides is 2. The molecule has 3 rings (SSSR count). The topological polar surface area (TPSA) is 142 Å². The summed E-state index contributed by atoms with van der Waals surface area (Å²) in [6.07, 6.45) is -1.47. The molecule has 9 nitrogen and oxygen atoms in total. The summed E-state index contributed by atoms with van der Waals surface area (Å²) in [5, 5.41) is 13.3. The third kappa shape index (κ3) is 7.94. The van der Waals surface area contributed by atoms with Crippen LogP contribution in [0, 0.1) is 13.8 Å². The van der Waals surface area contributed by atoms with Crippen LogP contribution in [0.1, 0.15) is 29.2 Å². The first-order chi connectivity index (χ1) is 17.5. The Kier molecular flexibility index (Phi) is 9.57. The molecule has 0 spiro atoms. The molecule has 0 aromatic heterocycles. The average Bonchev–Trinajstić information content (AvgIpc) is 2.87. The molecule has 3 aromatic rings. The lowest BCUT2D eigenvalue weighted by atomic mass is 10.0. The smallest absolute Gasteiger partial charge is 0.250 e. The number of aryl methyl sites for hydroxylation is 2. The predicted molar refractivity (Wildman–Crippen MR) is 141 cm³/mol. The van der Waals surface area contributed by atoms with E-state index >= 15 is 0 Å². The van der Waals surface area contributed by atoms with Gasteiger partial charge in [0.15, 0.2) is 6.10 Å². The molecule has 0 bridgehead atoms. The molecule has 0 aliphatic rings. The molecular formula is C26H31N3O6S2. The van der Waals surface area contributed by atoms with Crippen LogP contribution in [0.25, 0.3) is 0 Å². The lowest BCUT2D eigenvalue weighted by Crippen LogP contribution is -2.45. The van der Waals surface area contributed by atoms with Crippen LogP contribution >= 0.6 is 0 Å². The Morgan fingerprint density at radius 1 is 0.757 bits per heavy atom. The second-order valence-corrected chi connectivity index (χ2v) is 12.1. The predicted octanol–water partition coefficient (Wildman–Crippen LogP) is 2.17. The van der Waals surface area contributed by atoms with E-state index in [9.17, 15) is 26.7 Å². The fourth-order valence-electron chi connectivity index (χ4n) is 3.49. The van der Waals surface area contributed by atoms with Crippen LogP contribution in [0.4, 0.5) is 0 Å². The van der Waals surface area contributed by atoms with Crippen molar-refractivity contribution in [1.29, 1.82) is 0 Å². The zero-order valence-corrected chi connectivity index (χ0v) is 22.2. The summed E-state index contributed by atoms with van der Waals surface area (Å²) >= 11 is 0. The van der Waals surface area contributed by atoms with E-state index in [0.717, 1.165) is 11.1 Å². The van der Waals surface area contributed by atoms with E-state index in [1.165, 1.54) is 24.3 Å². The molecule has 3 aromatic carbocycles. The highest BCUT2D eigenvalue weighted by Crippen LogP contribution is 2.21. The minimum atomic E-state index is -4.04. The molecule has 0 saturated heterocycles. The summed E-state index contributed by atoms with van der Waals surface area (Å²) in [4.78, 5) is 12.9. The van der Waals surface area contributed by atoms with Crippen LogP contribution in [-0.4, -0.2) is 47.0 Å². The normalized spacial score (nSPS) is 13.6. The van der Waals surface area contributed by atoms with Gasteiger partial charge in [-0.1, -0.05) is 65.7 Å². The van der Waals surface area contributed by atoms with Crippen molar-refractivity contribution in [2.24, 2.45) is 0 Å². The first-order valence-electron chi connectivity index (χ1n) is 11.7. The van der Waals surface area contributed by atoms with Crippen molar-refractivity contribution in [3.63, 3.8) is 0 Å². The molecule has 1 amide bonds. The number of hydrogen-bond acceptors (Lipinski definition) is 6. The molecule has 0 aliphatic carbocycles. The van der Waals surface area contributed by atoms with Crippen LogP contribution in [0.3, 0.4) is 0 Å². The van der Waals surface area contributed by atoms with Gasteiger partial charge in [0, 0.05) is 13.1 Å². The summed E-state index contributed by atoms with van der Waals surface area (Å²) in [5.41, 5.74) is 2.24. The van der Waals surface area contributed by atoms with Crippen molar-refractivity contribution in [2.75, 3.05) is 13.1 Å². The number of aliphatic hydroxyl groups is 1. The Morgan fingerprint density at radius 3 is 1.81 bits per heavy atom. The highest BCUT2D eigenvalue weighted by Gasteiger charge is 2.31. The molecule has 0 saturated carbocycles. The Labute approximate surface area is 218 Å². The standard InChI is InChI=1S/C26H31N3O6S2/c1-19-9-13-22(14-10-19)36(32,33)28-18-6-17-27-26(31)25(30)24(21-7-4-3-5-8-21)29-37(34,35)23-15-11-20(2)12-16-23/h3-5,7-16,24-25,28-30H,6,17-18H2,1-2H3,(H,27,31)/t24-,25-/m0/s1. The molecule has 0 radical (unpaired) electrons. The Hall–Kier alpha value is -3.09. The Balaban J connectivity index is 1.61. The number of hydrogen-bond donors (Lipinski definition) is 4. The van der Waals surface area contributed by atoms with Crippen molar-refractivity contribution in [2.45, 2.75) is 42.2 Å². The van der Waals surface area contributed by atoms with E-state index in [2.05, 4.69) is 14.8 Å². The number of rotatable bonds is 12. The van der Waals surface area contributed by atoms with Gasteiger partial charge < -0.3 is 10.4 Å². The maximum atomic E-state index is 13.0. The second kappa shape index (κ2) is 12.4. The summed E-state index contributed by atoms with van der Waals surface area (Å²) in [7, 11) is -7.73. The quantitative estimate of drug-likeness (QED) is 0.257. The molecule has 0 unspecified atom stereocenters. The zero-order chi connectivity index (χ0) is 27.1. The molecule has 198 valence electrons. The van der Waals surface area contributed by atoms with Gasteiger partial charge in [0.2, 0.25) is 20.0 Å². The molecule has 11 heteroatoms. The summed E-state index contributed by atoms with van der Waals surface area (Å²) in [6, 6.07) is 19.7. The Morgan fingerprint density at radius 2 is 1.27 bits per heavy atom. The maximum Gasteiger partial charge on any atom is 0.250 e. The fraction of sp³-hybridized carbons (Fsp3) is 0.269. The zero-order valence-electron chi connectivity index (χ0n) is 20.6. The van der Waals surface area contributed by atoms with E-state index in [4.69, 9.17) is 0 Å². The minimum Gasteiger partial charge on any atom is -0.381 e. The lowest BCUT2D eigenvalue weighted by molar-refractivity contribution is -0.130. The SMILES string of the molecule is Cc1ccc(S(=O)(=O)NCCCNC(=O)[C@@H](O)[C@@H](NS(=O)(=O)c2ccc(C)cc2)c2ccccc2)cc1. The van der Waals surface area contributed by atoms with Crippen molar-refractivity contribution in [1.82, 2.24) is 14.8 Å². The first kappa shape index (κ1) is 28.5. The highest BCUT2D eigenvalue weighted by molar-refractivity contribution is 7.89. The van der Waals surface area contributed by atoms with Gasteiger partial charge in [0.25, 0.3) is 5.91 Å². The van der Waals surface area contributed by atoms with Gasteiger partial charge in [-0.3, -0.25) is 4.79 Å². The Bertz CT molecular complexity index is 1390. The first-order valence-corrected chi connectivity index (χ1v) is 14.6. The summed E-state index contributed by atoms with van der Waals surface area (Å²) in [5.74, 6) is -0.790. The van der Waals surface area contributed by atoms with Gasteiger partial charge in [-0.05, 0) is 50.1 Å². The van der Waals surface area contributed by atoms with Crippen LogP contribution in [-0.2, 0) is 24.8 Å². The van der Waals surface area contributed by atoms with E-state index in [0.29, 0.717) is 5.56 Å². The lowest BCUT2D eigenvalue weighted by Gasteiger charge is -2.24. The van der Waals surface area contributed by atoms with E-state index < -0.39 is 38.1 Å². The van der Waals surface area contributed by atoms with Gasteiger partial charge in [0.05, 0.1) is 15.8 Å². The number of carbonyl (C=O) groups is 1. The second-order valence-electron chi connectivity index (χ2n) is 8.62. The van der Waals surface area contributed by atoms with Gasteiger partial charge in [-0.25, -0.2) is 26.3 Å². The van der Waals surface area contributed by atoms with Crippen molar-refractivity contribution in [3.8, 4) is 0 Å². The maximum absolute atomic E-state index is 13.0. The number of nitrogens with one attached hydrogen (secondary N) is 3. The van der Waals surface area contributed by atoms with E-state index in [1.54, 1.807) is 54.6 Å². The summed E-state index contributed by atoms with van der Waals surface area (Å²) < 4.78 is 55.6. The summed E-state index contributed by atoms with van der Waals surface area (Å²) in [6.45, 7) is 3.82. The fourth-order valence-corrected chi connectivity index (χ4v) is 5.79. The van der Waals surface area contributed by atoms with Crippen molar-refractivity contribution >= 4 is 26.0 Å². The van der Waals surface area contributed by atoms with Crippen LogP contribution < -0.4 is 14.8 Å². The molecule has 4 N–H and O–H groups in total. The molecule has 37 heavy (non-hydrogen) atoms. The third-order valence-corrected chi connectivity index (χ3v) is 8.57. The molecular weight excluding hydrogens is 514 g/mol. The molecule has 0 heterocycles. The average molecular weight is 546 g/mol. The van der Waals surface area contributed by atoms with Crippen LogP contribution in [0.15, 0.2) is 88.7 Å². The van der Waals surface area contributed by atoms with Crippen molar-refractivity contribution < 1.29 is 26.7 Å². The number of aliphatic hydroxyl groups excluding tert-OH is 1. The van der Waals surface area contributed by atoms with Gasteiger partial charge in [-0.15, -0.1) is 0 Å². The number of amides is 1. The molecule has 0 aliphatic heterocycles.